The molecule has 4 rings (SSSR count). The largest absolute Gasteiger partial charge is 0.453 e. The van der Waals surface area contributed by atoms with Crippen molar-refractivity contribution in [2.24, 2.45) is 0 Å². The van der Waals surface area contributed by atoms with Gasteiger partial charge < -0.3 is 14.3 Å². The number of hydrogen-bond donors (Lipinski definition) is 1. The van der Waals surface area contributed by atoms with Gasteiger partial charge in [-0.25, -0.2) is 0 Å². The Morgan fingerprint density at radius 1 is 1.04 bits per heavy atom. The molecule has 0 aliphatic heterocycles. The number of nitrogens with zero attached hydrogens (tertiary/aromatic N) is 1. The molecule has 1 N–H and O–H groups in total. The molecule has 0 saturated carbocycles. The van der Waals surface area contributed by atoms with E-state index in [2.05, 4.69) is 26.4 Å². The summed E-state index contributed by atoms with van der Waals surface area (Å²) in [5.41, 5.74) is 2.05. The van der Waals surface area contributed by atoms with E-state index in [1.807, 2.05) is 54.6 Å². The van der Waals surface area contributed by atoms with E-state index in [1.54, 1.807) is 6.07 Å². The zero-order valence-corrected chi connectivity index (χ0v) is 14.6. The second-order valence-electron chi connectivity index (χ2n) is 5.57. The van der Waals surface area contributed by atoms with Crippen LogP contribution >= 0.6 is 15.9 Å². The maximum absolute atomic E-state index is 12.1. The first-order valence-corrected chi connectivity index (χ1v) is 8.47. The zero-order valence-electron chi connectivity index (χ0n) is 13.0. The molecule has 6 heteroatoms. The molecule has 0 aliphatic rings. The Morgan fingerprint density at radius 2 is 1.92 bits per heavy atom. The summed E-state index contributed by atoms with van der Waals surface area (Å²) < 4.78 is 12.0. The number of carbonyl (C=O) groups excluding carboxylic acids is 1. The Hall–Kier alpha value is -2.86. The second-order valence-corrected chi connectivity index (χ2v) is 6.48. The van der Waals surface area contributed by atoms with Gasteiger partial charge >= 0.3 is 0 Å². The molecule has 2 aromatic carbocycles. The van der Waals surface area contributed by atoms with Crippen LogP contribution in [-0.2, 0) is 11.2 Å². The molecular weight excluding hydrogens is 384 g/mol. The highest BCUT2D eigenvalue weighted by Crippen LogP contribution is 2.28. The molecule has 25 heavy (non-hydrogen) atoms. The minimum absolute atomic E-state index is 0.121. The maximum atomic E-state index is 12.1. The number of hydrogen-bond acceptors (Lipinski definition) is 4. The first kappa shape index (κ1) is 15.7. The Bertz CT molecular complexity index is 1020. The lowest BCUT2D eigenvalue weighted by Gasteiger charge is -2.03. The summed E-state index contributed by atoms with van der Waals surface area (Å²) in [6.07, 6.45) is 0.121. The number of furan rings is 1. The summed E-state index contributed by atoms with van der Waals surface area (Å²) in [6.45, 7) is 0. The smallest absolute Gasteiger partial charge is 0.230 e. The molecule has 0 atom stereocenters. The van der Waals surface area contributed by atoms with E-state index in [9.17, 15) is 4.79 Å². The monoisotopic (exact) mass is 396 g/mol. The van der Waals surface area contributed by atoms with Crippen molar-refractivity contribution in [1.82, 2.24) is 5.16 Å². The number of halogens is 1. The van der Waals surface area contributed by atoms with E-state index in [-0.39, 0.29) is 12.3 Å². The number of fused-ring (bicyclic) bond motifs is 1. The number of para-hydroxylation sites is 1. The fourth-order valence-electron chi connectivity index (χ4n) is 2.55. The third-order valence-corrected chi connectivity index (χ3v) is 4.17. The Kier molecular flexibility index (Phi) is 4.11. The third-order valence-electron chi connectivity index (χ3n) is 3.68. The summed E-state index contributed by atoms with van der Waals surface area (Å²) in [6, 6.07) is 18.7. The summed E-state index contributed by atoms with van der Waals surface area (Å²) in [5.74, 6) is 0.927. The second kappa shape index (κ2) is 6.57. The minimum atomic E-state index is -0.164. The molecule has 5 nitrogen and oxygen atoms in total. The molecule has 124 valence electrons. The normalized spacial score (nSPS) is 10.9. The van der Waals surface area contributed by atoms with Gasteiger partial charge in [-0.2, -0.15) is 0 Å². The van der Waals surface area contributed by atoms with Crippen LogP contribution in [0.25, 0.3) is 22.5 Å². The SMILES string of the molecule is O=C(Cc1cc(-c2cc3ccccc3o2)on1)Nc1cccc(Br)c1. The van der Waals surface area contributed by atoms with Gasteiger partial charge in [-0.15, -0.1) is 0 Å². The van der Waals surface area contributed by atoms with Crippen LogP contribution in [0.4, 0.5) is 5.69 Å². The Labute approximate surface area is 151 Å². The van der Waals surface area contributed by atoms with Crippen molar-refractivity contribution >= 4 is 38.5 Å². The third kappa shape index (κ3) is 3.49. The Balaban J connectivity index is 1.48. The molecule has 0 spiro atoms. The molecule has 0 unspecified atom stereocenters. The van der Waals surface area contributed by atoms with Crippen LogP contribution in [0.1, 0.15) is 5.69 Å². The van der Waals surface area contributed by atoms with Gasteiger partial charge in [-0.1, -0.05) is 45.4 Å². The number of aromatic nitrogens is 1. The van der Waals surface area contributed by atoms with Crippen LogP contribution in [0.3, 0.4) is 0 Å². The lowest BCUT2D eigenvalue weighted by molar-refractivity contribution is -0.115. The lowest BCUT2D eigenvalue weighted by Crippen LogP contribution is -2.14. The number of nitrogens with one attached hydrogen (secondary N) is 1. The van der Waals surface area contributed by atoms with Gasteiger partial charge in [0.05, 0.1) is 12.1 Å². The first-order chi connectivity index (χ1) is 12.2. The van der Waals surface area contributed by atoms with Gasteiger partial charge in [0.2, 0.25) is 11.7 Å². The summed E-state index contributed by atoms with van der Waals surface area (Å²) in [4.78, 5) is 12.1. The number of carbonyl (C=O) groups is 1. The van der Waals surface area contributed by atoms with Crippen LogP contribution in [0.2, 0.25) is 0 Å². The van der Waals surface area contributed by atoms with Crippen LogP contribution < -0.4 is 5.32 Å². The minimum Gasteiger partial charge on any atom is -0.453 e. The van der Waals surface area contributed by atoms with Gasteiger partial charge in [0.25, 0.3) is 0 Å². The molecule has 0 aliphatic carbocycles. The molecule has 4 aromatic rings. The number of rotatable bonds is 4. The number of anilines is 1. The molecule has 2 heterocycles. The molecule has 0 fully saturated rings. The molecule has 0 radical (unpaired) electrons. The van der Waals surface area contributed by atoms with Crippen LogP contribution in [0.5, 0.6) is 0 Å². The highest BCUT2D eigenvalue weighted by molar-refractivity contribution is 9.10. The average molecular weight is 397 g/mol. The van der Waals surface area contributed by atoms with E-state index < -0.39 is 0 Å². The Morgan fingerprint density at radius 3 is 2.76 bits per heavy atom. The van der Waals surface area contributed by atoms with Crippen molar-refractivity contribution in [1.29, 1.82) is 0 Å². The standard InChI is InChI=1S/C19H13BrN2O3/c20-13-5-3-6-14(9-13)21-19(23)11-15-10-18(25-22-15)17-8-12-4-1-2-7-16(12)24-17/h1-10H,11H2,(H,21,23). The van der Waals surface area contributed by atoms with Crippen molar-refractivity contribution in [2.45, 2.75) is 6.42 Å². The van der Waals surface area contributed by atoms with Gasteiger partial charge in [-0.05, 0) is 30.3 Å². The van der Waals surface area contributed by atoms with E-state index in [0.29, 0.717) is 17.2 Å². The van der Waals surface area contributed by atoms with Crippen molar-refractivity contribution in [3.8, 4) is 11.5 Å². The zero-order chi connectivity index (χ0) is 17.2. The topological polar surface area (TPSA) is 68.3 Å². The van der Waals surface area contributed by atoms with Gasteiger partial charge in [0.15, 0.2) is 5.76 Å². The van der Waals surface area contributed by atoms with Gasteiger partial charge in [-0.3, -0.25) is 4.79 Å². The summed E-state index contributed by atoms with van der Waals surface area (Å²) in [7, 11) is 0. The highest BCUT2D eigenvalue weighted by atomic mass is 79.9. The fourth-order valence-corrected chi connectivity index (χ4v) is 2.95. The predicted molar refractivity (Wildman–Crippen MR) is 98.2 cm³/mol. The fraction of sp³-hybridized carbons (Fsp3) is 0.0526. The van der Waals surface area contributed by atoms with E-state index in [4.69, 9.17) is 8.94 Å². The summed E-state index contributed by atoms with van der Waals surface area (Å²) >= 11 is 3.37. The molecule has 0 saturated heterocycles. The summed E-state index contributed by atoms with van der Waals surface area (Å²) in [5, 5.41) is 7.77. The van der Waals surface area contributed by atoms with Crippen LogP contribution in [0.15, 0.2) is 74.1 Å². The molecular formula is C19H13BrN2O3. The molecule has 1 amide bonds. The molecule has 0 bridgehead atoms. The van der Waals surface area contributed by atoms with Gasteiger partial charge in [0.1, 0.15) is 5.58 Å². The lowest BCUT2D eigenvalue weighted by atomic mass is 10.2. The van der Waals surface area contributed by atoms with E-state index >= 15 is 0 Å². The number of amides is 1. The van der Waals surface area contributed by atoms with Crippen molar-refractivity contribution in [2.75, 3.05) is 5.32 Å². The quantitative estimate of drug-likeness (QED) is 0.525. The van der Waals surface area contributed by atoms with E-state index in [1.165, 1.54) is 0 Å². The van der Waals surface area contributed by atoms with Crippen LogP contribution in [0, 0.1) is 0 Å². The maximum Gasteiger partial charge on any atom is 0.230 e. The van der Waals surface area contributed by atoms with Crippen molar-refractivity contribution in [3.63, 3.8) is 0 Å². The van der Waals surface area contributed by atoms with Crippen molar-refractivity contribution in [3.05, 3.63) is 70.8 Å². The first-order valence-electron chi connectivity index (χ1n) is 7.67. The van der Waals surface area contributed by atoms with E-state index in [0.717, 1.165) is 21.1 Å². The predicted octanol–water partition coefficient (Wildman–Crippen LogP) is 5.03. The average Bonchev–Trinajstić information content (AvgIpc) is 3.20. The molecule has 2 aromatic heterocycles. The van der Waals surface area contributed by atoms with Gasteiger partial charge in [0, 0.05) is 21.6 Å². The highest BCUT2D eigenvalue weighted by Gasteiger charge is 2.14. The van der Waals surface area contributed by atoms with Crippen LogP contribution in [-0.4, -0.2) is 11.1 Å². The van der Waals surface area contributed by atoms with Crippen molar-refractivity contribution < 1.29 is 13.7 Å². The number of benzene rings is 2.